The minimum atomic E-state index is -4.42. The molecule has 1 amide bonds. The molecule has 0 spiro atoms. The van der Waals surface area contributed by atoms with Gasteiger partial charge in [-0.2, -0.15) is 13.2 Å². The van der Waals surface area contributed by atoms with Crippen LogP contribution in [0.2, 0.25) is 0 Å². The Labute approximate surface area is 150 Å². The number of benzene rings is 1. The van der Waals surface area contributed by atoms with Gasteiger partial charge in [0.2, 0.25) is 15.9 Å². The van der Waals surface area contributed by atoms with E-state index in [1.165, 1.54) is 15.3 Å². The number of rotatable bonds is 2. The number of hydrogen-bond acceptors (Lipinski definition) is 3. The minimum Gasteiger partial charge on any atom is -0.312 e. The summed E-state index contributed by atoms with van der Waals surface area (Å²) in [5.41, 5.74) is 0.299. The number of carbonyl (C=O) groups is 1. The Bertz CT molecular complexity index is 808. The number of anilines is 1. The summed E-state index contributed by atoms with van der Waals surface area (Å²) in [4.78, 5) is 14.5. The SMILES string of the molecule is CS(=O)(=O)N1CCC[C@H](C(=O)N2CCCc3cc(C(F)(F)F)ccc32)C1. The first-order chi connectivity index (χ1) is 12.1. The van der Waals surface area contributed by atoms with Crippen LogP contribution in [0.5, 0.6) is 0 Å². The van der Waals surface area contributed by atoms with Crippen molar-refractivity contribution in [2.24, 2.45) is 5.92 Å². The molecular formula is C17H21F3N2O3S. The Kier molecular flexibility index (Phi) is 5.04. The molecule has 0 N–H and O–H groups in total. The molecule has 1 fully saturated rings. The molecule has 9 heteroatoms. The van der Waals surface area contributed by atoms with Crippen molar-refractivity contribution in [1.82, 2.24) is 4.31 Å². The molecule has 5 nitrogen and oxygen atoms in total. The first-order valence-corrected chi connectivity index (χ1v) is 10.4. The van der Waals surface area contributed by atoms with Crippen LogP contribution in [-0.4, -0.2) is 44.5 Å². The highest BCUT2D eigenvalue weighted by Crippen LogP contribution is 2.36. The van der Waals surface area contributed by atoms with Crippen molar-refractivity contribution >= 4 is 21.6 Å². The van der Waals surface area contributed by atoms with E-state index in [-0.39, 0.29) is 12.5 Å². The molecule has 2 aliphatic heterocycles. The van der Waals surface area contributed by atoms with Crippen LogP contribution in [0.3, 0.4) is 0 Å². The van der Waals surface area contributed by atoms with Gasteiger partial charge in [-0.1, -0.05) is 0 Å². The largest absolute Gasteiger partial charge is 0.416 e. The van der Waals surface area contributed by atoms with Gasteiger partial charge in [-0.15, -0.1) is 0 Å². The van der Waals surface area contributed by atoms with Crippen LogP contribution in [-0.2, 0) is 27.4 Å². The van der Waals surface area contributed by atoms with E-state index in [9.17, 15) is 26.4 Å². The number of nitrogens with zero attached hydrogens (tertiary/aromatic N) is 2. The summed E-state index contributed by atoms with van der Waals surface area (Å²) in [6.07, 6.45) is -1.05. The second-order valence-corrected chi connectivity index (χ2v) is 8.88. The highest BCUT2D eigenvalue weighted by Gasteiger charge is 2.36. The molecule has 0 bridgehead atoms. The average Bonchev–Trinajstić information content (AvgIpc) is 2.58. The maximum Gasteiger partial charge on any atom is 0.416 e. The maximum absolute atomic E-state index is 13.0. The number of fused-ring (bicyclic) bond motifs is 1. The third-order valence-electron chi connectivity index (χ3n) is 4.99. The molecule has 0 aliphatic carbocycles. The number of hydrogen-bond donors (Lipinski definition) is 0. The fourth-order valence-electron chi connectivity index (χ4n) is 3.67. The monoisotopic (exact) mass is 390 g/mol. The molecule has 0 unspecified atom stereocenters. The smallest absolute Gasteiger partial charge is 0.312 e. The van der Waals surface area contributed by atoms with E-state index in [0.717, 1.165) is 18.4 Å². The van der Waals surface area contributed by atoms with E-state index < -0.39 is 27.7 Å². The number of amides is 1. The third kappa shape index (κ3) is 3.88. The second kappa shape index (κ2) is 6.84. The number of carbonyl (C=O) groups excluding carboxylic acids is 1. The van der Waals surface area contributed by atoms with Crippen molar-refractivity contribution in [3.8, 4) is 0 Å². The molecule has 3 rings (SSSR count). The summed E-state index contributed by atoms with van der Waals surface area (Å²) >= 11 is 0. The van der Waals surface area contributed by atoms with Gasteiger partial charge < -0.3 is 4.90 Å². The van der Waals surface area contributed by atoms with Gasteiger partial charge >= 0.3 is 6.18 Å². The lowest BCUT2D eigenvalue weighted by atomic mass is 9.94. The zero-order valence-corrected chi connectivity index (χ0v) is 15.2. The number of sulfonamides is 1. The summed E-state index contributed by atoms with van der Waals surface area (Å²) in [6.45, 7) is 0.963. The second-order valence-electron chi connectivity index (χ2n) is 6.89. The van der Waals surface area contributed by atoms with Crippen molar-refractivity contribution in [3.05, 3.63) is 29.3 Å². The zero-order chi connectivity index (χ0) is 19.1. The van der Waals surface area contributed by atoms with Crippen molar-refractivity contribution in [2.75, 3.05) is 30.8 Å². The van der Waals surface area contributed by atoms with Gasteiger partial charge in [-0.3, -0.25) is 4.79 Å². The van der Waals surface area contributed by atoms with Crippen molar-refractivity contribution < 1.29 is 26.4 Å². The van der Waals surface area contributed by atoms with Crippen molar-refractivity contribution in [3.63, 3.8) is 0 Å². The van der Waals surface area contributed by atoms with Crippen LogP contribution < -0.4 is 4.90 Å². The van der Waals surface area contributed by atoms with Crippen LogP contribution in [0.1, 0.15) is 30.4 Å². The Balaban J connectivity index is 1.84. The summed E-state index contributed by atoms with van der Waals surface area (Å²) in [6, 6.07) is 3.46. The first kappa shape index (κ1) is 19.2. The van der Waals surface area contributed by atoms with Gasteiger partial charge in [0.25, 0.3) is 0 Å². The van der Waals surface area contributed by atoms with Crippen LogP contribution in [0.4, 0.5) is 18.9 Å². The fourth-order valence-corrected chi connectivity index (χ4v) is 4.58. The molecule has 26 heavy (non-hydrogen) atoms. The Morgan fingerprint density at radius 1 is 1.19 bits per heavy atom. The number of halogens is 3. The summed E-state index contributed by atoms with van der Waals surface area (Å²) < 4.78 is 63.6. The standard InChI is InChI=1S/C17H21F3N2O3S/c1-26(24,25)21-8-2-5-13(11-21)16(23)22-9-3-4-12-10-14(17(18,19)20)6-7-15(12)22/h6-7,10,13H,2-5,8-9,11H2,1H3/t13-/m0/s1. The normalized spacial score (nSPS) is 22.2. The lowest BCUT2D eigenvalue weighted by Gasteiger charge is -2.36. The average molecular weight is 390 g/mol. The quantitative estimate of drug-likeness (QED) is 0.780. The number of aryl methyl sites for hydroxylation is 1. The predicted octanol–water partition coefficient (Wildman–Crippen LogP) is 2.66. The molecule has 1 saturated heterocycles. The predicted molar refractivity (Wildman–Crippen MR) is 91.3 cm³/mol. The van der Waals surface area contributed by atoms with E-state index in [0.29, 0.717) is 50.0 Å². The van der Waals surface area contributed by atoms with Gasteiger partial charge in [0.1, 0.15) is 0 Å². The van der Waals surface area contributed by atoms with Gasteiger partial charge in [0.05, 0.1) is 17.7 Å². The zero-order valence-electron chi connectivity index (χ0n) is 14.4. The van der Waals surface area contributed by atoms with E-state index in [1.807, 2.05) is 0 Å². The lowest BCUT2D eigenvalue weighted by Crippen LogP contribution is -2.47. The van der Waals surface area contributed by atoms with Crippen LogP contribution in [0.15, 0.2) is 18.2 Å². The summed E-state index contributed by atoms with van der Waals surface area (Å²) in [7, 11) is -3.37. The van der Waals surface area contributed by atoms with E-state index >= 15 is 0 Å². The Morgan fingerprint density at radius 2 is 1.92 bits per heavy atom. The van der Waals surface area contributed by atoms with Crippen LogP contribution >= 0.6 is 0 Å². The fraction of sp³-hybridized carbons (Fsp3) is 0.588. The first-order valence-electron chi connectivity index (χ1n) is 8.54. The Hall–Kier alpha value is -1.61. The number of alkyl halides is 3. The molecular weight excluding hydrogens is 369 g/mol. The molecule has 0 radical (unpaired) electrons. The molecule has 0 saturated carbocycles. The highest BCUT2D eigenvalue weighted by atomic mass is 32.2. The van der Waals surface area contributed by atoms with E-state index in [2.05, 4.69) is 0 Å². The van der Waals surface area contributed by atoms with Gasteiger partial charge in [0.15, 0.2) is 0 Å². The molecule has 1 aromatic carbocycles. The van der Waals surface area contributed by atoms with Gasteiger partial charge in [0, 0.05) is 25.3 Å². The lowest BCUT2D eigenvalue weighted by molar-refractivity contribution is -0.137. The molecule has 144 valence electrons. The molecule has 1 aromatic rings. The van der Waals surface area contributed by atoms with Gasteiger partial charge in [-0.25, -0.2) is 12.7 Å². The topological polar surface area (TPSA) is 57.7 Å². The van der Waals surface area contributed by atoms with Crippen molar-refractivity contribution in [1.29, 1.82) is 0 Å². The van der Waals surface area contributed by atoms with Gasteiger partial charge in [-0.05, 0) is 49.4 Å². The third-order valence-corrected chi connectivity index (χ3v) is 6.26. The van der Waals surface area contributed by atoms with Crippen molar-refractivity contribution in [2.45, 2.75) is 31.9 Å². The van der Waals surface area contributed by atoms with Crippen LogP contribution in [0.25, 0.3) is 0 Å². The van der Waals surface area contributed by atoms with E-state index in [1.54, 1.807) is 0 Å². The molecule has 2 aliphatic rings. The Morgan fingerprint density at radius 3 is 2.58 bits per heavy atom. The summed E-state index contributed by atoms with van der Waals surface area (Å²) in [5, 5.41) is 0. The number of piperidine rings is 1. The molecule has 2 heterocycles. The van der Waals surface area contributed by atoms with Crippen LogP contribution in [0, 0.1) is 5.92 Å². The minimum absolute atomic E-state index is 0.129. The summed E-state index contributed by atoms with van der Waals surface area (Å²) in [5.74, 6) is -0.675. The molecule has 1 atom stereocenters. The molecule has 0 aromatic heterocycles. The highest BCUT2D eigenvalue weighted by molar-refractivity contribution is 7.88. The maximum atomic E-state index is 13.0. The van der Waals surface area contributed by atoms with E-state index in [4.69, 9.17) is 0 Å².